The van der Waals surface area contributed by atoms with Crippen LogP contribution in [-0.4, -0.2) is 53.7 Å². The largest absolute Gasteiger partial charge is 0.461 e. The quantitative estimate of drug-likeness (QED) is 0.597. The summed E-state index contributed by atoms with van der Waals surface area (Å²) in [5, 5.41) is 3.24. The van der Waals surface area contributed by atoms with Gasteiger partial charge in [0.1, 0.15) is 12.1 Å². The molecule has 8 nitrogen and oxygen atoms in total. The summed E-state index contributed by atoms with van der Waals surface area (Å²) in [5.41, 5.74) is 1.29. The molecule has 1 aromatic carbocycles. The number of benzene rings is 1. The van der Waals surface area contributed by atoms with Crippen LogP contribution in [0.1, 0.15) is 54.2 Å². The number of aromatic nitrogens is 1. The van der Waals surface area contributed by atoms with Crippen molar-refractivity contribution in [2.75, 3.05) is 24.6 Å². The van der Waals surface area contributed by atoms with Crippen molar-refractivity contribution in [2.45, 2.75) is 58.2 Å². The van der Waals surface area contributed by atoms with Gasteiger partial charge in [0, 0.05) is 36.3 Å². The number of oxazole rings is 1. The van der Waals surface area contributed by atoms with E-state index in [1.54, 1.807) is 19.9 Å². The van der Waals surface area contributed by atoms with Crippen LogP contribution in [0.15, 0.2) is 22.8 Å². The van der Waals surface area contributed by atoms with Crippen LogP contribution in [0.2, 0.25) is 5.02 Å². The van der Waals surface area contributed by atoms with Crippen LogP contribution in [0.4, 0.5) is 15.2 Å². The van der Waals surface area contributed by atoms with Gasteiger partial charge in [0.25, 0.3) is 6.01 Å². The zero-order chi connectivity index (χ0) is 23.5. The van der Waals surface area contributed by atoms with Crippen LogP contribution in [0.3, 0.4) is 0 Å². The number of anilines is 1. The molecule has 4 rings (SSSR count). The highest BCUT2D eigenvalue weighted by Crippen LogP contribution is 2.32. The Balaban J connectivity index is 1.42. The van der Waals surface area contributed by atoms with Gasteiger partial charge in [-0.3, -0.25) is 0 Å². The predicted molar refractivity (Wildman–Crippen MR) is 121 cm³/mol. The molecule has 178 valence electrons. The lowest BCUT2D eigenvalue weighted by Gasteiger charge is -2.39. The Morgan fingerprint density at radius 1 is 1.33 bits per heavy atom. The van der Waals surface area contributed by atoms with Crippen molar-refractivity contribution in [3.8, 4) is 0 Å². The van der Waals surface area contributed by atoms with E-state index in [4.69, 9.17) is 20.8 Å². The first-order valence-corrected chi connectivity index (χ1v) is 11.6. The summed E-state index contributed by atoms with van der Waals surface area (Å²) < 4.78 is 24.7. The molecular weight excluding hydrogens is 451 g/mol. The van der Waals surface area contributed by atoms with Gasteiger partial charge in [-0.1, -0.05) is 11.6 Å². The van der Waals surface area contributed by atoms with Gasteiger partial charge in [-0.25, -0.2) is 14.0 Å². The number of esters is 1. The number of carbonyl (C=O) groups is 2. The van der Waals surface area contributed by atoms with Crippen LogP contribution in [-0.2, 0) is 11.3 Å². The Hall–Kier alpha value is -2.81. The first-order valence-electron chi connectivity index (χ1n) is 11.3. The zero-order valence-corrected chi connectivity index (χ0v) is 19.5. The van der Waals surface area contributed by atoms with Crippen LogP contribution in [0.5, 0.6) is 0 Å². The van der Waals surface area contributed by atoms with Crippen molar-refractivity contribution in [2.24, 2.45) is 0 Å². The Bertz CT molecular complexity index is 1030. The number of ether oxygens (including phenoxy) is 1. The molecule has 1 saturated carbocycles. The maximum absolute atomic E-state index is 14.2. The molecule has 0 unspecified atom stereocenters. The van der Waals surface area contributed by atoms with Gasteiger partial charge in [0.05, 0.1) is 12.6 Å². The molecule has 1 atom stereocenters. The lowest BCUT2D eigenvalue weighted by atomic mass is 10.0. The van der Waals surface area contributed by atoms with E-state index in [0.717, 1.165) is 31.2 Å². The summed E-state index contributed by atoms with van der Waals surface area (Å²) >= 11 is 5.97. The number of carbonyl (C=O) groups excluding carboxylic acids is 2. The van der Waals surface area contributed by atoms with Gasteiger partial charge >= 0.3 is 12.0 Å². The highest BCUT2D eigenvalue weighted by molar-refractivity contribution is 6.31. The second kappa shape index (κ2) is 9.99. The number of nitrogens with zero attached hydrogens (tertiary/aromatic N) is 3. The molecule has 0 bridgehead atoms. The van der Waals surface area contributed by atoms with E-state index in [-0.39, 0.29) is 37.0 Å². The average molecular weight is 479 g/mol. The van der Waals surface area contributed by atoms with Gasteiger partial charge in [-0.15, -0.1) is 0 Å². The van der Waals surface area contributed by atoms with E-state index in [1.807, 2.05) is 9.80 Å². The molecule has 1 aliphatic heterocycles. The fourth-order valence-corrected chi connectivity index (χ4v) is 4.31. The van der Waals surface area contributed by atoms with E-state index in [0.29, 0.717) is 29.7 Å². The highest BCUT2D eigenvalue weighted by atomic mass is 35.5. The third-order valence-corrected chi connectivity index (χ3v) is 6.38. The van der Waals surface area contributed by atoms with Crippen molar-refractivity contribution in [1.82, 2.24) is 15.2 Å². The lowest BCUT2D eigenvalue weighted by molar-refractivity contribution is 0.0519. The Kier molecular flexibility index (Phi) is 7.07. The standard InChI is InChI=1S/C23H28ClFN4O4/c1-3-32-21(30)20-13-33-23(27-20)28-8-4-5-17(12-28)29(16-6-7-16)22(31)26-11-15-9-14(2)18(24)10-19(15)25/h9-10,13,16-17H,3-8,11-12H2,1-2H3,(H,26,31)/t17-/m1/s1. The topological polar surface area (TPSA) is 87.9 Å². The molecule has 2 fully saturated rings. The van der Waals surface area contributed by atoms with Crippen LogP contribution >= 0.6 is 11.6 Å². The monoisotopic (exact) mass is 478 g/mol. The number of amides is 2. The highest BCUT2D eigenvalue weighted by Gasteiger charge is 2.39. The third-order valence-electron chi connectivity index (χ3n) is 5.97. The number of piperidine rings is 1. The molecular formula is C23H28ClFN4O4. The van der Waals surface area contributed by atoms with E-state index in [1.165, 1.54) is 12.3 Å². The van der Waals surface area contributed by atoms with Crippen molar-refractivity contribution < 1.29 is 23.1 Å². The van der Waals surface area contributed by atoms with E-state index in [9.17, 15) is 14.0 Å². The Morgan fingerprint density at radius 2 is 2.12 bits per heavy atom. The number of hydrogen-bond acceptors (Lipinski definition) is 6. The SMILES string of the molecule is CCOC(=O)c1coc(N2CCC[C@@H](N(C(=O)NCc3cc(C)c(Cl)cc3F)C3CC3)C2)n1. The molecule has 1 aromatic heterocycles. The molecule has 2 heterocycles. The van der Waals surface area contributed by atoms with Crippen LogP contribution < -0.4 is 10.2 Å². The van der Waals surface area contributed by atoms with Crippen molar-refractivity contribution in [3.63, 3.8) is 0 Å². The second-order valence-corrected chi connectivity index (χ2v) is 8.88. The number of nitrogens with one attached hydrogen (secondary N) is 1. The fraction of sp³-hybridized carbons (Fsp3) is 0.522. The summed E-state index contributed by atoms with van der Waals surface area (Å²) in [4.78, 5) is 33.1. The number of halogens is 2. The lowest BCUT2D eigenvalue weighted by Crippen LogP contribution is -2.54. The smallest absolute Gasteiger partial charge is 0.360 e. The van der Waals surface area contributed by atoms with E-state index >= 15 is 0 Å². The van der Waals surface area contributed by atoms with Crippen molar-refractivity contribution in [3.05, 3.63) is 46.1 Å². The zero-order valence-electron chi connectivity index (χ0n) is 18.8. The van der Waals surface area contributed by atoms with Crippen molar-refractivity contribution in [1.29, 1.82) is 0 Å². The minimum atomic E-state index is -0.523. The van der Waals surface area contributed by atoms with Gasteiger partial charge in [-0.2, -0.15) is 4.98 Å². The molecule has 0 radical (unpaired) electrons. The number of aryl methyl sites for hydroxylation is 1. The molecule has 10 heteroatoms. The van der Waals surface area contributed by atoms with E-state index < -0.39 is 11.8 Å². The first-order chi connectivity index (χ1) is 15.9. The summed E-state index contributed by atoms with van der Waals surface area (Å²) in [7, 11) is 0. The fourth-order valence-electron chi connectivity index (χ4n) is 4.16. The minimum Gasteiger partial charge on any atom is -0.461 e. The predicted octanol–water partition coefficient (Wildman–Crippen LogP) is 4.30. The number of rotatable bonds is 7. The van der Waals surface area contributed by atoms with Gasteiger partial charge in [0.2, 0.25) is 0 Å². The number of urea groups is 1. The van der Waals surface area contributed by atoms with E-state index in [2.05, 4.69) is 10.3 Å². The van der Waals surface area contributed by atoms with Crippen molar-refractivity contribution >= 4 is 29.6 Å². The summed E-state index contributed by atoms with van der Waals surface area (Å²) in [6, 6.07) is 3.20. The Labute approximate surface area is 197 Å². The van der Waals surface area contributed by atoms with Gasteiger partial charge in [-0.05, 0) is 57.2 Å². The summed E-state index contributed by atoms with van der Waals surface area (Å²) in [5.74, 6) is -0.960. The molecule has 33 heavy (non-hydrogen) atoms. The third kappa shape index (κ3) is 5.40. The molecule has 2 aliphatic rings. The average Bonchev–Trinajstić information content (AvgIpc) is 3.49. The molecule has 2 aromatic rings. The second-order valence-electron chi connectivity index (χ2n) is 8.47. The van der Waals surface area contributed by atoms with Crippen LogP contribution in [0.25, 0.3) is 0 Å². The molecule has 2 amide bonds. The summed E-state index contributed by atoms with van der Waals surface area (Å²) in [6.45, 7) is 5.14. The minimum absolute atomic E-state index is 0.0407. The molecule has 1 aliphatic carbocycles. The molecule has 1 saturated heterocycles. The Morgan fingerprint density at radius 3 is 2.85 bits per heavy atom. The first kappa shape index (κ1) is 23.4. The van der Waals surface area contributed by atoms with Crippen LogP contribution in [0, 0.1) is 12.7 Å². The van der Waals surface area contributed by atoms with Gasteiger partial charge in [0.15, 0.2) is 5.69 Å². The molecule has 1 N–H and O–H groups in total. The maximum atomic E-state index is 14.2. The maximum Gasteiger partial charge on any atom is 0.360 e. The summed E-state index contributed by atoms with van der Waals surface area (Å²) in [6.07, 6.45) is 4.89. The van der Waals surface area contributed by atoms with Gasteiger partial charge < -0.3 is 24.3 Å². The number of hydrogen-bond donors (Lipinski definition) is 1. The normalized spacial score (nSPS) is 18.2. The molecule has 0 spiro atoms.